The van der Waals surface area contributed by atoms with E-state index in [0.717, 1.165) is 0 Å². The van der Waals surface area contributed by atoms with Crippen molar-refractivity contribution in [1.82, 2.24) is 4.31 Å². The van der Waals surface area contributed by atoms with Crippen LogP contribution in [0.1, 0.15) is 27.2 Å². The lowest BCUT2D eigenvalue weighted by molar-refractivity contribution is 0.0730. The van der Waals surface area contributed by atoms with E-state index < -0.39 is 20.0 Å². The van der Waals surface area contributed by atoms with Crippen molar-refractivity contribution in [1.29, 1.82) is 0 Å². The number of nitrogens with one attached hydrogen (secondary N) is 1. The second kappa shape index (κ2) is 9.22. The Morgan fingerprint density at radius 1 is 1.19 bits per heavy atom. The molecule has 8 nitrogen and oxygen atoms in total. The summed E-state index contributed by atoms with van der Waals surface area (Å²) in [6, 6.07) is 4.24. The average molecular weight is 421 g/mol. The summed E-state index contributed by atoms with van der Waals surface area (Å²) in [7, 11) is -7.35. The Bertz CT molecular complexity index is 831. The van der Waals surface area contributed by atoms with E-state index in [0.29, 0.717) is 32.0 Å². The van der Waals surface area contributed by atoms with E-state index in [9.17, 15) is 16.8 Å². The first-order valence-corrected chi connectivity index (χ1v) is 12.1. The first-order valence-electron chi connectivity index (χ1n) is 9.01. The van der Waals surface area contributed by atoms with Crippen LogP contribution in [-0.4, -0.2) is 59.8 Å². The number of benzene rings is 1. The Hall–Kier alpha value is -1.36. The number of nitrogens with zero attached hydrogens (tertiary/aromatic N) is 1. The molecule has 0 aliphatic carbocycles. The molecule has 0 bridgehead atoms. The van der Waals surface area contributed by atoms with Crippen molar-refractivity contribution in [2.24, 2.45) is 5.92 Å². The minimum Gasteiger partial charge on any atom is -0.492 e. The van der Waals surface area contributed by atoms with Gasteiger partial charge in [0.2, 0.25) is 20.0 Å². The molecule has 1 saturated heterocycles. The molecule has 0 unspecified atom stereocenters. The smallest absolute Gasteiger partial charge is 0.243 e. The predicted molar refractivity (Wildman–Crippen MR) is 104 cm³/mol. The topological polar surface area (TPSA) is 102 Å². The minimum absolute atomic E-state index is 0.0226. The van der Waals surface area contributed by atoms with Gasteiger partial charge in [0, 0.05) is 13.1 Å². The Balaban J connectivity index is 2.33. The molecule has 0 radical (unpaired) electrons. The molecule has 1 aromatic carbocycles. The van der Waals surface area contributed by atoms with Crippen molar-refractivity contribution >= 4 is 25.7 Å². The maximum atomic E-state index is 12.8. The molecule has 1 aliphatic rings. The van der Waals surface area contributed by atoms with E-state index in [2.05, 4.69) is 4.72 Å². The lowest BCUT2D eigenvalue weighted by atomic mass is 10.2. The summed E-state index contributed by atoms with van der Waals surface area (Å²) < 4.78 is 64.9. The van der Waals surface area contributed by atoms with Crippen LogP contribution in [0.15, 0.2) is 23.1 Å². The summed E-state index contributed by atoms with van der Waals surface area (Å²) in [5.41, 5.74) is 0.134. The van der Waals surface area contributed by atoms with E-state index >= 15 is 0 Å². The number of hydrogen-bond acceptors (Lipinski definition) is 6. The van der Waals surface area contributed by atoms with E-state index in [1.165, 1.54) is 22.5 Å². The van der Waals surface area contributed by atoms with Crippen LogP contribution in [-0.2, 0) is 24.8 Å². The van der Waals surface area contributed by atoms with Gasteiger partial charge in [0.1, 0.15) is 5.75 Å². The summed E-state index contributed by atoms with van der Waals surface area (Å²) in [5, 5.41) is 0. The highest BCUT2D eigenvalue weighted by Gasteiger charge is 2.27. The molecule has 10 heteroatoms. The minimum atomic E-state index is -3.73. The van der Waals surface area contributed by atoms with Gasteiger partial charge < -0.3 is 9.47 Å². The largest absolute Gasteiger partial charge is 0.492 e. The van der Waals surface area contributed by atoms with Gasteiger partial charge in [-0.2, -0.15) is 4.31 Å². The third kappa shape index (κ3) is 6.06. The van der Waals surface area contributed by atoms with Crippen molar-refractivity contribution in [3.05, 3.63) is 18.2 Å². The van der Waals surface area contributed by atoms with E-state index in [4.69, 9.17) is 9.47 Å². The summed E-state index contributed by atoms with van der Waals surface area (Å²) in [5.74, 6) is 0.490. The molecule has 27 heavy (non-hydrogen) atoms. The Morgan fingerprint density at radius 3 is 2.44 bits per heavy atom. The van der Waals surface area contributed by atoms with Crippen molar-refractivity contribution in [3.63, 3.8) is 0 Å². The van der Waals surface area contributed by atoms with E-state index in [1.807, 2.05) is 13.8 Å². The van der Waals surface area contributed by atoms with Gasteiger partial charge in [-0.15, -0.1) is 0 Å². The molecule has 1 aromatic rings. The third-order valence-electron chi connectivity index (χ3n) is 4.09. The Kier molecular flexibility index (Phi) is 7.49. The molecule has 1 fully saturated rings. The van der Waals surface area contributed by atoms with Gasteiger partial charge in [0.15, 0.2) is 0 Å². The molecule has 2 rings (SSSR count). The fourth-order valence-corrected chi connectivity index (χ4v) is 5.39. The molecule has 1 aliphatic heterocycles. The van der Waals surface area contributed by atoms with Crippen LogP contribution in [0.25, 0.3) is 0 Å². The van der Waals surface area contributed by atoms with Crippen LogP contribution in [0.3, 0.4) is 0 Å². The van der Waals surface area contributed by atoms with Crippen molar-refractivity contribution in [2.75, 3.05) is 43.4 Å². The highest BCUT2D eigenvalue weighted by Crippen LogP contribution is 2.30. The molecule has 1 N–H and O–H groups in total. The summed E-state index contributed by atoms with van der Waals surface area (Å²) >= 11 is 0. The van der Waals surface area contributed by atoms with Crippen molar-refractivity contribution in [3.8, 4) is 5.75 Å². The first kappa shape index (κ1) is 21.9. The summed E-state index contributed by atoms with van der Waals surface area (Å²) in [6.45, 7) is 7.20. The normalized spacial score (nSPS) is 16.4. The maximum absolute atomic E-state index is 12.8. The number of hydrogen-bond donors (Lipinski definition) is 1. The van der Waals surface area contributed by atoms with Gasteiger partial charge in [-0.25, -0.2) is 16.8 Å². The van der Waals surface area contributed by atoms with Gasteiger partial charge in [-0.1, -0.05) is 13.8 Å². The van der Waals surface area contributed by atoms with Crippen LogP contribution in [0.5, 0.6) is 5.75 Å². The lowest BCUT2D eigenvalue weighted by Gasteiger charge is -2.26. The monoisotopic (exact) mass is 420 g/mol. The Labute approximate surface area is 161 Å². The molecule has 154 valence electrons. The van der Waals surface area contributed by atoms with Crippen LogP contribution in [0, 0.1) is 5.92 Å². The molecule has 0 amide bonds. The molecular weight excluding hydrogens is 392 g/mol. The van der Waals surface area contributed by atoms with Gasteiger partial charge in [0.25, 0.3) is 0 Å². The number of morpholine rings is 1. The molecule has 0 saturated carbocycles. The lowest BCUT2D eigenvalue weighted by Crippen LogP contribution is -2.40. The average Bonchev–Trinajstić information content (AvgIpc) is 2.62. The Morgan fingerprint density at radius 2 is 1.85 bits per heavy atom. The van der Waals surface area contributed by atoms with Crippen LogP contribution >= 0.6 is 0 Å². The first-order chi connectivity index (χ1) is 12.7. The zero-order chi connectivity index (χ0) is 20.1. The zero-order valence-corrected chi connectivity index (χ0v) is 17.6. The molecule has 0 spiro atoms. The standard InChI is InChI=1S/C17H28N2O6S2/c1-4-25-17-6-5-15(27(22,23)19-8-10-24-11-9-19)13-16(17)18-26(20,21)12-7-14(2)3/h5-6,13-14,18H,4,7-12H2,1-3H3. The van der Waals surface area contributed by atoms with Crippen LogP contribution in [0.2, 0.25) is 0 Å². The van der Waals surface area contributed by atoms with Crippen molar-refractivity contribution in [2.45, 2.75) is 32.1 Å². The third-order valence-corrected chi connectivity index (χ3v) is 7.29. The predicted octanol–water partition coefficient (Wildman–Crippen LogP) is 1.89. The quantitative estimate of drug-likeness (QED) is 0.655. The molecule has 1 heterocycles. The molecule has 0 aromatic heterocycles. The molecule has 0 atom stereocenters. The van der Waals surface area contributed by atoms with E-state index in [-0.39, 0.29) is 35.3 Å². The maximum Gasteiger partial charge on any atom is 0.243 e. The molecular formula is C17H28N2O6S2. The van der Waals surface area contributed by atoms with Crippen LogP contribution < -0.4 is 9.46 Å². The summed E-state index contributed by atoms with van der Waals surface area (Å²) in [6.07, 6.45) is 0.505. The van der Waals surface area contributed by atoms with Gasteiger partial charge >= 0.3 is 0 Å². The number of anilines is 1. The fourth-order valence-electron chi connectivity index (χ4n) is 2.58. The van der Waals surface area contributed by atoms with Gasteiger partial charge in [-0.05, 0) is 37.5 Å². The highest BCUT2D eigenvalue weighted by molar-refractivity contribution is 7.92. The number of sulfonamides is 2. The number of ether oxygens (including phenoxy) is 2. The highest BCUT2D eigenvalue weighted by atomic mass is 32.2. The van der Waals surface area contributed by atoms with Gasteiger partial charge in [-0.3, -0.25) is 4.72 Å². The summed E-state index contributed by atoms with van der Waals surface area (Å²) in [4.78, 5) is 0.0226. The number of rotatable bonds is 9. The van der Waals surface area contributed by atoms with Crippen molar-refractivity contribution < 1.29 is 26.3 Å². The second-order valence-electron chi connectivity index (χ2n) is 6.71. The second-order valence-corrected chi connectivity index (χ2v) is 10.5. The van der Waals surface area contributed by atoms with Crippen LogP contribution in [0.4, 0.5) is 5.69 Å². The zero-order valence-electron chi connectivity index (χ0n) is 16.0. The SMILES string of the molecule is CCOc1ccc(S(=O)(=O)N2CCOCC2)cc1NS(=O)(=O)CCC(C)C. The fraction of sp³-hybridized carbons (Fsp3) is 0.647. The van der Waals surface area contributed by atoms with E-state index in [1.54, 1.807) is 6.92 Å². The van der Waals surface area contributed by atoms with Gasteiger partial charge in [0.05, 0.1) is 36.2 Å².